The molecular formula is C7H15IO2. The maximum absolute atomic E-state index is 5.41. The van der Waals surface area contributed by atoms with Crippen molar-refractivity contribution in [3.05, 3.63) is 0 Å². The molecule has 0 saturated carbocycles. The summed E-state index contributed by atoms with van der Waals surface area (Å²) in [5, 5.41) is 0. The maximum atomic E-state index is 5.41. The van der Waals surface area contributed by atoms with Gasteiger partial charge in [0, 0.05) is 6.61 Å². The molecule has 0 aromatic heterocycles. The highest BCUT2D eigenvalue weighted by atomic mass is 127. The third-order valence-electron chi connectivity index (χ3n) is 0.902. The van der Waals surface area contributed by atoms with E-state index in [1.165, 1.54) is 0 Å². The van der Waals surface area contributed by atoms with Crippen LogP contribution in [0.15, 0.2) is 0 Å². The Kier molecular flexibility index (Phi) is 6.78. The second-order valence-electron chi connectivity index (χ2n) is 2.22. The third kappa shape index (κ3) is 5.44. The zero-order valence-electron chi connectivity index (χ0n) is 6.76. The van der Waals surface area contributed by atoms with Gasteiger partial charge in [0.1, 0.15) is 0 Å². The third-order valence-corrected chi connectivity index (χ3v) is 1.62. The molecule has 0 aromatic rings. The van der Waals surface area contributed by atoms with Crippen LogP contribution >= 0.6 is 22.6 Å². The fourth-order valence-corrected chi connectivity index (χ4v) is 1.07. The first-order valence-electron chi connectivity index (χ1n) is 3.53. The molecule has 0 amide bonds. The smallest absolute Gasteiger partial charge is 0.166 e. The van der Waals surface area contributed by atoms with Crippen molar-refractivity contribution in [2.75, 3.05) is 11.0 Å². The van der Waals surface area contributed by atoms with Gasteiger partial charge >= 0.3 is 0 Å². The van der Waals surface area contributed by atoms with Gasteiger partial charge in [0.25, 0.3) is 0 Å². The van der Waals surface area contributed by atoms with Crippen molar-refractivity contribution in [1.29, 1.82) is 0 Å². The molecule has 0 radical (unpaired) electrons. The first-order valence-corrected chi connectivity index (χ1v) is 5.06. The van der Waals surface area contributed by atoms with Gasteiger partial charge in [0.2, 0.25) is 0 Å². The second kappa shape index (κ2) is 6.37. The van der Waals surface area contributed by atoms with E-state index in [2.05, 4.69) is 22.6 Å². The molecule has 0 rings (SSSR count). The van der Waals surface area contributed by atoms with Crippen LogP contribution in [0.5, 0.6) is 0 Å². The molecule has 0 unspecified atom stereocenters. The van der Waals surface area contributed by atoms with Gasteiger partial charge in [-0.3, -0.25) is 0 Å². The number of hydrogen-bond donors (Lipinski definition) is 0. The lowest BCUT2D eigenvalue weighted by atomic mass is 10.5. The van der Waals surface area contributed by atoms with Crippen molar-refractivity contribution in [2.24, 2.45) is 0 Å². The topological polar surface area (TPSA) is 18.5 Å². The summed E-state index contributed by atoms with van der Waals surface area (Å²) in [6.07, 6.45) is 0.233. The predicted octanol–water partition coefficient (Wildman–Crippen LogP) is 2.21. The Morgan fingerprint density at radius 1 is 1.40 bits per heavy atom. The minimum absolute atomic E-state index is 0.0226. The highest BCUT2D eigenvalue weighted by Crippen LogP contribution is 2.03. The van der Waals surface area contributed by atoms with Gasteiger partial charge in [-0.25, -0.2) is 0 Å². The first kappa shape index (κ1) is 10.7. The van der Waals surface area contributed by atoms with Crippen LogP contribution in [-0.4, -0.2) is 23.4 Å². The fraction of sp³-hybridized carbons (Fsp3) is 1.00. The van der Waals surface area contributed by atoms with E-state index in [0.29, 0.717) is 0 Å². The Balaban J connectivity index is 3.39. The van der Waals surface area contributed by atoms with E-state index in [1.54, 1.807) is 0 Å². The SMILES string of the molecule is CCO[C@@H](CI)OC(C)C. The molecule has 10 heavy (non-hydrogen) atoms. The number of halogens is 1. The van der Waals surface area contributed by atoms with Crippen LogP contribution in [0, 0.1) is 0 Å². The van der Waals surface area contributed by atoms with Crippen molar-refractivity contribution in [1.82, 2.24) is 0 Å². The molecule has 62 valence electrons. The van der Waals surface area contributed by atoms with E-state index in [4.69, 9.17) is 9.47 Å². The number of hydrogen-bond acceptors (Lipinski definition) is 2. The molecule has 1 atom stereocenters. The summed E-state index contributed by atoms with van der Waals surface area (Å²) in [5.41, 5.74) is 0. The zero-order chi connectivity index (χ0) is 7.98. The Hall–Kier alpha value is 0.650. The molecule has 0 heterocycles. The Morgan fingerprint density at radius 2 is 2.00 bits per heavy atom. The molecule has 3 heteroatoms. The average Bonchev–Trinajstić information content (AvgIpc) is 1.86. The van der Waals surface area contributed by atoms with Crippen LogP contribution in [-0.2, 0) is 9.47 Å². The summed E-state index contributed by atoms with van der Waals surface area (Å²) in [5.74, 6) is 0. The number of ether oxygens (including phenoxy) is 2. The molecule has 0 aliphatic heterocycles. The lowest BCUT2D eigenvalue weighted by Crippen LogP contribution is -2.22. The summed E-state index contributed by atoms with van der Waals surface area (Å²) in [6, 6.07) is 0. The Labute approximate surface area is 76.4 Å². The molecule has 0 spiro atoms. The van der Waals surface area contributed by atoms with E-state index >= 15 is 0 Å². The quantitative estimate of drug-likeness (QED) is 0.427. The summed E-state index contributed by atoms with van der Waals surface area (Å²) in [6.45, 7) is 6.72. The van der Waals surface area contributed by atoms with Gasteiger partial charge in [-0.1, -0.05) is 22.6 Å². The van der Waals surface area contributed by atoms with Gasteiger partial charge in [0.15, 0.2) is 6.29 Å². The van der Waals surface area contributed by atoms with Crippen LogP contribution in [0.2, 0.25) is 0 Å². The van der Waals surface area contributed by atoms with Crippen molar-refractivity contribution >= 4 is 22.6 Å². The van der Waals surface area contributed by atoms with Crippen molar-refractivity contribution in [3.63, 3.8) is 0 Å². The van der Waals surface area contributed by atoms with Crippen molar-refractivity contribution in [2.45, 2.75) is 33.2 Å². The van der Waals surface area contributed by atoms with Crippen molar-refractivity contribution < 1.29 is 9.47 Å². The summed E-state index contributed by atoms with van der Waals surface area (Å²) in [7, 11) is 0. The highest BCUT2D eigenvalue weighted by Gasteiger charge is 2.07. The molecule has 0 bridgehead atoms. The lowest BCUT2D eigenvalue weighted by molar-refractivity contribution is -0.143. The van der Waals surface area contributed by atoms with Gasteiger partial charge in [-0.2, -0.15) is 0 Å². The van der Waals surface area contributed by atoms with Crippen LogP contribution < -0.4 is 0 Å². The minimum Gasteiger partial charge on any atom is -0.352 e. The Bertz CT molecular complexity index is 76.0. The van der Waals surface area contributed by atoms with E-state index in [1.807, 2.05) is 20.8 Å². The van der Waals surface area contributed by atoms with Crippen LogP contribution in [0.4, 0.5) is 0 Å². The molecule has 0 fully saturated rings. The van der Waals surface area contributed by atoms with Gasteiger partial charge < -0.3 is 9.47 Å². The van der Waals surface area contributed by atoms with Crippen LogP contribution in [0.1, 0.15) is 20.8 Å². The lowest BCUT2D eigenvalue weighted by Gasteiger charge is -2.17. The van der Waals surface area contributed by atoms with Crippen LogP contribution in [0.25, 0.3) is 0 Å². The largest absolute Gasteiger partial charge is 0.352 e. The normalized spacial score (nSPS) is 14.1. The summed E-state index contributed by atoms with van der Waals surface area (Å²) >= 11 is 2.26. The van der Waals surface area contributed by atoms with Crippen LogP contribution in [0.3, 0.4) is 0 Å². The fourth-order valence-electron chi connectivity index (χ4n) is 0.610. The first-order chi connectivity index (χ1) is 4.70. The number of alkyl halides is 1. The average molecular weight is 258 g/mol. The molecule has 0 aliphatic rings. The van der Waals surface area contributed by atoms with E-state index in [-0.39, 0.29) is 12.4 Å². The predicted molar refractivity (Wildman–Crippen MR) is 50.5 cm³/mol. The van der Waals surface area contributed by atoms with Crippen molar-refractivity contribution in [3.8, 4) is 0 Å². The molecule has 0 aromatic carbocycles. The van der Waals surface area contributed by atoms with Gasteiger partial charge in [-0.05, 0) is 20.8 Å². The van der Waals surface area contributed by atoms with Gasteiger partial charge in [-0.15, -0.1) is 0 Å². The second-order valence-corrected chi connectivity index (χ2v) is 3.10. The monoisotopic (exact) mass is 258 g/mol. The molecule has 0 N–H and O–H groups in total. The summed E-state index contributed by atoms with van der Waals surface area (Å²) in [4.78, 5) is 0. The number of rotatable bonds is 5. The summed E-state index contributed by atoms with van der Waals surface area (Å²) < 4.78 is 11.6. The van der Waals surface area contributed by atoms with Gasteiger partial charge in [0.05, 0.1) is 10.5 Å². The van der Waals surface area contributed by atoms with E-state index in [0.717, 1.165) is 11.0 Å². The Morgan fingerprint density at radius 3 is 2.30 bits per heavy atom. The minimum atomic E-state index is -0.0226. The highest BCUT2D eigenvalue weighted by molar-refractivity contribution is 14.1. The maximum Gasteiger partial charge on any atom is 0.166 e. The van der Waals surface area contributed by atoms with E-state index in [9.17, 15) is 0 Å². The molecule has 0 saturated heterocycles. The zero-order valence-corrected chi connectivity index (χ0v) is 8.92. The standard InChI is InChI=1S/C7H15IO2/c1-4-9-7(5-8)10-6(2)3/h6-7H,4-5H2,1-3H3/t7-/m1/s1. The molecule has 2 nitrogen and oxygen atoms in total. The molecular weight excluding hydrogens is 243 g/mol. The van der Waals surface area contributed by atoms with E-state index < -0.39 is 0 Å². The molecule has 0 aliphatic carbocycles.